The zero-order valence-electron chi connectivity index (χ0n) is 10.6. The molecule has 1 aliphatic rings. The molecule has 1 aromatic rings. The average molecular weight is 251 g/mol. The van der Waals surface area contributed by atoms with Crippen LogP contribution in [-0.4, -0.2) is 25.5 Å². The van der Waals surface area contributed by atoms with Gasteiger partial charge in [0.2, 0.25) is 0 Å². The van der Waals surface area contributed by atoms with Gasteiger partial charge >= 0.3 is 0 Å². The van der Waals surface area contributed by atoms with Crippen LogP contribution in [0.2, 0.25) is 0 Å². The van der Waals surface area contributed by atoms with Crippen molar-refractivity contribution in [2.24, 2.45) is 0 Å². The summed E-state index contributed by atoms with van der Waals surface area (Å²) < 4.78 is 5.56. The topological polar surface area (TPSA) is 21.3 Å². The molecule has 0 amide bonds. The Hall–Kier alpha value is -0.670. The van der Waals surface area contributed by atoms with Gasteiger partial charge in [0, 0.05) is 17.7 Å². The van der Waals surface area contributed by atoms with E-state index in [-0.39, 0.29) is 0 Å². The first-order chi connectivity index (χ1) is 8.33. The van der Waals surface area contributed by atoms with Crippen LogP contribution in [0.3, 0.4) is 0 Å². The summed E-state index contributed by atoms with van der Waals surface area (Å²) in [5, 5.41) is 3.62. The highest BCUT2D eigenvalue weighted by Crippen LogP contribution is 2.26. The van der Waals surface area contributed by atoms with Crippen molar-refractivity contribution < 1.29 is 4.74 Å². The molecule has 0 heterocycles. The van der Waals surface area contributed by atoms with Crippen LogP contribution in [-0.2, 0) is 4.74 Å². The van der Waals surface area contributed by atoms with Crippen LogP contribution in [0.25, 0.3) is 0 Å². The quantitative estimate of drug-likeness (QED) is 0.823. The Morgan fingerprint density at radius 1 is 1.29 bits per heavy atom. The van der Waals surface area contributed by atoms with Gasteiger partial charge < -0.3 is 10.1 Å². The van der Waals surface area contributed by atoms with Crippen LogP contribution < -0.4 is 5.32 Å². The predicted octanol–water partition coefficient (Wildman–Crippen LogP) is 3.78. The van der Waals surface area contributed by atoms with Crippen molar-refractivity contribution in [1.82, 2.24) is 0 Å². The summed E-state index contributed by atoms with van der Waals surface area (Å²) in [5.74, 6) is 0. The average Bonchev–Trinajstić information content (AvgIpc) is 2.39. The third-order valence-electron chi connectivity index (χ3n) is 3.43. The molecule has 1 aromatic carbocycles. The Labute approximate surface area is 108 Å². The minimum atomic E-state index is 0.363. The first-order valence-corrected chi connectivity index (χ1v) is 7.49. The Morgan fingerprint density at radius 2 is 2.12 bits per heavy atom. The van der Waals surface area contributed by atoms with Gasteiger partial charge in [-0.2, -0.15) is 0 Å². The summed E-state index contributed by atoms with van der Waals surface area (Å²) in [7, 11) is 1.82. The minimum Gasteiger partial charge on any atom is -0.380 e. The fraction of sp³-hybridized carbons (Fsp3) is 0.571. The fourth-order valence-electron chi connectivity index (χ4n) is 2.47. The van der Waals surface area contributed by atoms with Crippen LogP contribution in [0.15, 0.2) is 29.2 Å². The highest BCUT2D eigenvalue weighted by atomic mass is 32.2. The van der Waals surface area contributed by atoms with Gasteiger partial charge in [0.1, 0.15) is 0 Å². The van der Waals surface area contributed by atoms with E-state index in [1.165, 1.54) is 36.3 Å². The highest BCUT2D eigenvalue weighted by Gasteiger charge is 2.24. The molecule has 2 rings (SSSR count). The minimum absolute atomic E-state index is 0.363. The van der Waals surface area contributed by atoms with E-state index in [1.54, 1.807) is 11.8 Å². The van der Waals surface area contributed by atoms with E-state index >= 15 is 0 Å². The Bertz CT molecular complexity index is 356. The third kappa shape index (κ3) is 3.39. The van der Waals surface area contributed by atoms with E-state index in [0.717, 1.165) is 0 Å². The molecule has 0 spiro atoms. The zero-order chi connectivity index (χ0) is 12.1. The molecule has 1 aliphatic carbocycles. The summed E-state index contributed by atoms with van der Waals surface area (Å²) in [6.45, 7) is 0. The van der Waals surface area contributed by atoms with Crippen molar-refractivity contribution in [3.8, 4) is 0 Å². The van der Waals surface area contributed by atoms with Crippen molar-refractivity contribution >= 4 is 17.4 Å². The van der Waals surface area contributed by atoms with Gasteiger partial charge in [-0.15, -0.1) is 11.8 Å². The smallest absolute Gasteiger partial charge is 0.0772 e. The number of hydrogen-bond donors (Lipinski definition) is 1. The molecule has 0 saturated heterocycles. The number of benzene rings is 1. The van der Waals surface area contributed by atoms with E-state index in [1.807, 2.05) is 7.11 Å². The first kappa shape index (κ1) is 12.8. The molecule has 1 fully saturated rings. The van der Waals surface area contributed by atoms with Crippen LogP contribution >= 0.6 is 11.8 Å². The maximum Gasteiger partial charge on any atom is 0.0772 e. The van der Waals surface area contributed by atoms with E-state index in [0.29, 0.717) is 12.1 Å². The second kappa shape index (κ2) is 6.31. The summed E-state index contributed by atoms with van der Waals surface area (Å²) in [6.07, 6.45) is 7.46. The predicted molar refractivity (Wildman–Crippen MR) is 74.9 cm³/mol. The molecular weight excluding hydrogens is 230 g/mol. The maximum atomic E-state index is 5.56. The van der Waals surface area contributed by atoms with Gasteiger partial charge in [-0.25, -0.2) is 0 Å². The van der Waals surface area contributed by atoms with Crippen molar-refractivity contribution in [1.29, 1.82) is 0 Å². The molecule has 0 aromatic heterocycles. The van der Waals surface area contributed by atoms with Gasteiger partial charge in [-0.1, -0.05) is 18.9 Å². The van der Waals surface area contributed by atoms with Gasteiger partial charge in [-0.05, 0) is 37.3 Å². The molecule has 94 valence electrons. The first-order valence-electron chi connectivity index (χ1n) is 6.27. The molecule has 0 radical (unpaired) electrons. The lowest BCUT2D eigenvalue weighted by Crippen LogP contribution is -2.37. The normalized spacial score (nSPS) is 24.6. The van der Waals surface area contributed by atoms with Gasteiger partial charge in [-0.3, -0.25) is 0 Å². The molecule has 0 unspecified atom stereocenters. The lowest BCUT2D eigenvalue weighted by molar-refractivity contribution is 0.0606. The van der Waals surface area contributed by atoms with Crippen molar-refractivity contribution in [3.63, 3.8) is 0 Å². The fourth-order valence-corrected chi connectivity index (χ4v) is 2.93. The number of thioether (sulfide) groups is 1. The second-order valence-corrected chi connectivity index (χ2v) is 5.42. The third-order valence-corrected chi connectivity index (χ3v) is 4.15. The number of nitrogens with one attached hydrogen (secondary N) is 1. The van der Waals surface area contributed by atoms with E-state index in [4.69, 9.17) is 4.74 Å². The van der Waals surface area contributed by atoms with Crippen LogP contribution in [0.4, 0.5) is 5.69 Å². The van der Waals surface area contributed by atoms with Crippen LogP contribution in [0.1, 0.15) is 25.7 Å². The number of ether oxygens (including phenoxy) is 1. The number of rotatable bonds is 4. The maximum absolute atomic E-state index is 5.56. The summed E-state index contributed by atoms with van der Waals surface area (Å²) in [6, 6.07) is 9.07. The van der Waals surface area contributed by atoms with Gasteiger partial charge in [0.25, 0.3) is 0 Å². The Balaban J connectivity index is 2.02. The van der Waals surface area contributed by atoms with E-state index in [2.05, 4.69) is 35.8 Å². The van der Waals surface area contributed by atoms with Crippen LogP contribution in [0, 0.1) is 0 Å². The molecule has 0 bridgehead atoms. The lowest BCUT2D eigenvalue weighted by atomic mass is 9.92. The molecule has 1 N–H and O–H groups in total. The molecule has 17 heavy (non-hydrogen) atoms. The molecule has 2 atom stereocenters. The lowest BCUT2D eigenvalue weighted by Gasteiger charge is -2.31. The van der Waals surface area contributed by atoms with E-state index in [9.17, 15) is 0 Å². The van der Waals surface area contributed by atoms with Crippen molar-refractivity contribution in [2.45, 2.75) is 42.7 Å². The van der Waals surface area contributed by atoms with Crippen LogP contribution in [0.5, 0.6) is 0 Å². The Morgan fingerprint density at radius 3 is 2.88 bits per heavy atom. The zero-order valence-corrected chi connectivity index (χ0v) is 11.4. The van der Waals surface area contributed by atoms with E-state index < -0.39 is 0 Å². The second-order valence-electron chi connectivity index (χ2n) is 4.54. The molecule has 1 saturated carbocycles. The number of hydrogen-bond acceptors (Lipinski definition) is 3. The van der Waals surface area contributed by atoms with Gasteiger partial charge in [0.15, 0.2) is 0 Å². The molecular formula is C14H21NOS. The number of methoxy groups -OCH3 is 1. The van der Waals surface area contributed by atoms with Gasteiger partial charge in [0.05, 0.1) is 12.1 Å². The highest BCUT2D eigenvalue weighted by molar-refractivity contribution is 7.98. The summed E-state index contributed by atoms with van der Waals surface area (Å²) in [4.78, 5) is 1.31. The largest absolute Gasteiger partial charge is 0.380 e. The summed E-state index contributed by atoms with van der Waals surface area (Å²) in [5.41, 5.74) is 1.21. The molecule has 3 heteroatoms. The summed E-state index contributed by atoms with van der Waals surface area (Å²) >= 11 is 1.78. The molecule has 2 nitrogen and oxygen atoms in total. The molecule has 0 aliphatic heterocycles. The SMILES string of the molecule is CO[C@@H]1CCCC[C@@H]1Nc1cccc(SC)c1. The monoisotopic (exact) mass is 251 g/mol. The Kier molecular flexibility index (Phi) is 4.75. The van der Waals surface area contributed by atoms with Crippen molar-refractivity contribution in [2.75, 3.05) is 18.7 Å². The van der Waals surface area contributed by atoms with Crippen molar-refractivity contribution in [3.05, 3.63) is 24.3 Å². The standard InChI is InChI=1S/C14H21NOS/c1-16-14-9-4-3-8-13(14)15-11-6-5-7-12(10-11)17-2/h5-7,10,13-15H,3-4,8-9H2,1-2H3/t13-,14+/m0/s1. The number of anilines is 1.